The maximum absolute atomic E-state index is 12.9. The number of hydrogen-bond donors (Lipinski definition) is 1. The van der Waals surface area contributed by atoms with Crippen molar-refractivity contribution < 1.29 is 23.5 Å². The Morgan fingerprint density at radius 2 is 1.79 bits per heavy atom. The van der Waals surface area contributed by atoms with Crippen LogP contribution in [0.3, 0.4) is 0 Å². The fourth-order valence-corrected chi connectivity index (χ4v) is 2.75. The minimum Gasteiger partial charge on any atom is -0.482 e. The van der Waals surface area contributed by atoms with Gasteiger partial charge in [-0.3, -0.25) is 9.59 Å². The van der Waals surface area contributed by atoms with Gasteiger partial charge in [-0.15, -0.1) is 0 Å². The zero-order chi connectivity index (χ0) is 21.4. The van der Waals surface area contributed by atoms with Crippen LogP contribution in [-0.2, 0) is 9.59 Å². The van der Waals surface area contributed by atoms with Crippen molar-refractivity contribution in [2.24, 2.45) is 0 Å². The molecule has 0 aliphatic carbocycles. The van der Waals surface area contributed by atoms with Crippen molar-refractivity contribution in [3.05, 3.63) is 53.3 Å². The number of anilines is 1. The minimum absolute atomic E-state index is 0.115. The molecule has 0 saturated heterocycles. The van der Waals surface area contributed by atoms with Crippen LogP contribution < -0.4 is 14.8 Å². The van der Waals surface area contributed by atoms with Crippen LogP contribution in [0.15, 0.2) is 42.5 Å². The first kappa shape index (κ1) is 22.5. The van der Waals surface area contributed by atoms with Crippen LogP contribution in [0.25, 0.3) is 0 Å². The molecule has 29 heavy (non-hydrogen) atoms. The zero-order valence-electron chi connectivity index (χ0n) is 16.6. The summed E-state index contributed by atoms with van der Waals surface area (Å²) in [5.74, 6) is -0.175. The van der Waals surface area contributed by atoms with Crippen molar-refractivity contribution in [1.29, 1.82) is 0 Å². The lowest BCUT2D eigenvalue weighted by Gasteiger charge is -2.19. The number of benzene rings is 2. The first-order valence-electron chi connectivity index (χ1n) is 9.27. The molecule has 6 nitrogen and oxygen atoms in total. The lowest BCUT2D eigenvalue weighted by atomic mass is 10.2. The fraction of sp³-hybridized carbons (Fsp3) is 0.333. The maximum atomic E-state index is 12.9. The van der Waals surface area contributed by atoms with E-state index in [1.807, 2.05) is 13.8 Å². The number of ether oxygens (including phenoxy) is 2. The molecule has 0 bridgehead atoms. The highest BCUT2D eigenvalue weighted by molar-refractivity contribution is 6.32. The summed E-state index contributed by atoms with van der Waals surface area (Å²) in [5.41, 5.74) is 0.456. The summed E-state index contributed by atoms with van der Waals surface area (Å²) in [4.78, 5) is 26.0. The summed E-state index contributed by atoms with van der Waals surface area (Å²) in [6.07, 6.45) is -0.804. The van der Waals surface area contributed by atoms with Gasteiger partial charge >= 0.3 is 0 Å². The van der Waals surface area contributed by atoms with E-state index in [2.05, 4.69) is 5.32 Å². The molecule has 2 amide bonds. The van der Waals surface area contributed by atoms with E-state index in [1.54, 1.807) is 24.0 Å². The third-order valence-corrected chi connectivity index (χ3v) is 4.46. The molecule has 0 saturated carbocycles. The van der Waals surface area contributed by atoms with Gasteiger partial charge in [0.15, 0.2) is 12.7 Å². The standard InChI is InChI=1S/C21H24ClFN2O4/c1-4-25(5-2)20(26)13-28-19-11-8-16(12-18(19)22)24-21(27)14(3)29-17-9-6-15(23)7-10-17/h6-12,14H,4-5,13H2,1-3H3,(H,24,27). The van der Waals surface area contributed by atoms with Gasteiger partial charge in [-0.25, -0.2) is 4.39 Å². The smallest absolute Gasteiger partial charge is 0.265 e. The molecule has 0 aliphatic rings. The molecule has 1 unspecified atom stereocenters. The Morgan fingerprint density at radius 1 is 1.14 bits per heavy atom. The summed E-state index contributed by atoms with van der Waals surface area (Å²) >= 11 is 6.20. The fourth-order valence-electron chi connectivity index (χ4n) is 2.52. The van der Waals surface area contributed by atoms with Gasteiger partial charge in [-0.05, 0) is 63.2 Å². The monoisotopic (exact) mass is 422 g/mol. The highest BCUT2D eigenvalue weighted by atomic mass is 35.5. The van der Waals surface area contributed by atoms with E-state index in [9.17, 15) is 14.0 Å². The van der Waals surface area contributed by atoms with Gasteiger partial charge in [0.2, 0.25) is 0 Å². The van der Waals surface area contributed by atoms with Gasteiger partial charge in [0.1, 0.15) is 17.3 Å². The van der Waals surface area contributed by atoms with E-state index in [1.165, 1.54) is 30.3 Å². The number of amides is 2. The molecule has 1 N–H and O–H groups in total. The lowest BCUT2D eigenvalue weighted by molar-refractivity contribution is -0.133. The minimum atomic E-state index is -0.804. The first-order chi connectivity index (χ1) is 13.8. The molecular weight excluding hydrogens is 399 g/mol. The van der Waals surface area contributed by atoms with E-state index in [0.29, 0.717) is 30.3 Å². The van der Waals surface area contributed by atoms with Crippen molar-refractivity contribution in [3.8, 4) is 11.5 Å². The average Bonchev–Trinajstić information content (AvgIpc) is 2.70. The molecule has 0 fully saturated rings. The summed E-state index contributed by atoms with van der Waals surface area (Å²) in [7, 11) is 0. The molecule has 2 aromatic carbocycles. The van der Waals surface area contributed by atoms with Gasteiger partial charge in [-0.1, -0.05) is 11.6 Å². The number of halogens is 2. The Hall–Kier alpha value is -2.80. The van der Waals surface area contributed by atoms with E-state index in [4.69, 9.17) is 21.1 Å². The molecule has 2 rings (SSSR count). The molecule has 0 aliphatic heterocycles. The third kappa shape index (κ3) is 6.64. The van der Waals surface area contributed by atoms with Crippen LogP contribution in [0, 0.1) is 5.82 Å². The second-order valence-corrected chi connectivity index (χ2v) is 6.61. The molecule has 2 aromatic rings. The number of carbonyl (C=O) groups is 2. The Balaban J connectivity index is 1.92. The number of nitrogens with zero attached hydrogens (tertiary/aromatic N) is 1. The number of carbonyl (C=O) groups excluding carboxylic acids is 2. The van der Waals surface area contributed by atoms with Crippen molar-refractivity contribution >= 4 is 29.1 Å². The molecular formula is C21H24ClFN2O4. The largest absolute Gasteiger partial charge is 0.482 e. The summed E-state index contributed by atoms with van der Waals surface area (Å²) in [6.45, 7) is 6.47. The van der Waals surface area contributed by atoms with E-state index >= 15 is 0 Å². The Labute approximate surface area is 174 Å². The van der Waals surface area contributed by atoms with E-state index in [0.717, 1.165) is 0 Å². The SMILES string of the molecule is CCN(CC)C(=O)COc1ccc(NC(=O)C(C)Oc2ccc(F)cc2)cc1Cl. The van der Waals surface area contributed by atoms with Crippen LogP contribution in [0.4, 0.5) is 10.1 Å². The van der Waals surface area contributed by atoms with Crippen LogP contribution in [-0.4, -0.2) is 42.5 Å². The van der Waals surface area contributed by atoms with Crippen molar-refractivity contribution in [3.63, 3.8) is 0 Å². The van der Waals surface area contributed by atoms with Crippen molar-refractivity contribution in [1.82, 2.24) is 4.90 Å². The Bertz CT molecular complexity index is 841. The number of nitrogens with one attached hydrogen (secondary N) is 1. The van der Waals surface area contributed by atoms with Gasteiger partial charge in [0, 0.05) is 18.8 Å². The van der Waals surface area contributed by atoms with E-state index < -0.39 is 12.0 Å². The van der Waals surface area contributed by atoms with Gasteiger partial charge in [-0.2, -0.15) is 0 Å². The van der Waals surface area contributed by atoms with Gasteiger partial charge in [0.25, 0.3) is 11.8 Å². The summed E-state index contributed by atoms with van der Waals surface area (Å²) in [6, 6.07) is 10.1. The summed E-state index contributed by atoms with van der Waals surface area (Å²) < 4.78 is 23.9. The highest BCUT2D eigenvalue weighted by Gasteiger charge is 2.16. The molecule has 156 valence electrons. The molecule has 0 aromatic heterocycles. The van der Waals surface area contributed by atoms with Crippen LogP contribution >= 0.6 is 11.6 Å². The number of rotatable bonds is 9. The molecule has 0 radical (unpaired) electrons. The quantitative estimate of drug-likeness (QED) is 0.659. The second-order valence-electron chi connectivity index (χ2n) is 6.20. The molecule has 1 atom stereocenters. The molecule has 8 heteroatoms. The van der Waals surface area contributed by atoms with Crippen LogP contribution in [0.5, 0.6) is 11.5 Å². The van der Waals surface area contributed by atoms with Crippen LogP contribution in [0.2, 0.25) is 5.02 Å². The third-order valence-electron chi connectivity index (χ3n) is 4.16. The van der Waals surface area contributed by atoms with Gasteiger partial charge < -0.3 is 19.7 Å². The predicted octanol–water partition coefficient (Wildman–Crippen LogP) is 4.13. The average molecular weight is 423 g/mol. The normalized spacial score (nSPS) is 11.5. The van der Waals surface area contributed by atoms with Crippen LogP contribution in [0.1, 0.15) is 20.8 Å². The summed E-state index contributed by atoms with van der Waals surface area (Å²) in [5, 5.41) is 2.96. The Morgan fingerprint density at radius 3 is 2.38 bits per heavy atom. The maximum Gasteiger partial charge on any atom is 0.265 e. The zero-order valence-corrected chi connectivity index (χ0v) is 17.3. The van der Waals surface area contributed by atoms with Crippen molar-refractivity contribution in [2.45, 2.75) is 26.9 Å². The number of hydrogen-bond acceptors (Lipinski definition) is 4. The topological polar surface area (TPSA) is 67.9 Å². The first-order valence-corrected chi connectivity index (χ1v) is 9.65. The highest BCUT2D eigenvalue weighted by Crippen LogP contribution is 2.28. The molecule has 0 heterocycles. The van der Waals surface area contributed by atoms with Crippen molar-refractivity contribution in [2.75, 3.05) is 25.0 Å². The number of likely N-dealkylation sites (N-methyl/N-ethyl adjacent to an activating group) is 1. The lowest BCUT2D eigenvalue weighted by Crippen LogP contribution is -2.34. The van der Waals surface area contributed by atoms with E-state index in [-0.39, 0.29) is 23.4 Å². The van der Waals surface area contributed by atoms with Gasteiger partial charge in [0.05, 0.1) is 5.02 Å². The molecule has 0 spiro atoms. The second kappa shape index (κ2) is 10.7. The predicted molar refractivity (Wildman–Crippen MR) is 110 cm³/mol. The Kier molecular flexibility index (Phi) is 8.27.